The second-order valence-corrected chi connectivity index (χ2v) is 7.76. The lowest BCUT2D eigenvalue weighted by Crippen LogP contribution is -2.32. The molecule has 1 N–H and O–H groups in total. The Morgan fingerprint density at radius 3 is 2.46 bits per heavy atom. The molecule has 10 heteroatoms. The smallest absolute Gasteiger partial charge is 0.269 e. The van der Waals surface area contributed by atoms with Crippen LogP contribution in [0.25, 0.3) is 0 Å². The highest BCUT2D eigenvalue weighted by Crippen LogP contribution is 2.34. The summed E-state index contributed by atoms with van der Waals surface area (Å²) in [5.74, 6) is 0.255. The number of sulfone groups is 1. The van der Waals surface area contributed by atoms with Gasteiger partial charge in [-0.3, -0.25) is 14.9 Å². The van der Waals surface area contributed by atoms with E-state index in [-0.39, 0.29) is 17.4 Å². The number of anilines is 1. The highest BCUT2D eigenvalue weighted by molar-refractivity contribution is 7.92. The predicted octanol–water partition coefficient (Wildman–Crippen LogP) is 2.12. The van der Waals surface area contributed by atoms with Gasteiger partial charge in [0.1, 0.15) is 5.25 Å². The van der Waals surface area contributed by atoms with Gasteiger partial charge in [-0.25, -0.2) is 8.42 Å². The average Bonchev–Trinajstić information content (AvgIpc) is 3.08. The summed E-state index contributed by atoms with van der Waals surface area (Å²) in [5.41, 5.74) is 0.131. The van der Waals surface area contributed by atoms with Crippen molar-refractivity contribution in [3.63, 3.8) is 0 Å². The Bertz CT molecular complexity index is 971. The van der Waals surface area contributed by atoms with Crippen LogP contribution in [-0.2, 0) is 14.6 Å². The first kappa shape index (κ1) is 17.7. The van der Waals surface area contributed by atoms with Crippen LogP contribution in [0.1, 0.15) is 6.92 Å². The number of carbonyl (C=O) groups is 1. The maximum Gasteiger partial charge on any atom is 0.269 e. The number of nitrogens with zero attached hydrogens (tertiary/aromatic N) is 1. The zero-order chi connectivity index (χ0) is 18.9. The van der Waals surface area contributed by atoms with Gasteiger partial charge in [-0.15, -0.1) is 0 Å². The van der Waals surface area contributed by atoms with Crippen LogP contribution in [0.5, 0.6) is 11.5 Å². The molecule has 1 amide bonds. The third-order valence-corrected chi connectivity index (χ3v) is 5.93. The van der Waals surface area contributed by atoms with Crippen molar-refractivity contribution in [2.24, 2.45) is 0 Å². The zero-order valence-electron chi connectivity index (χ0n) is 13.5. The van der Waals surface area contributed by atoms with Crippen molar-refractivity contribution < 1.29 is 27.6 Å². The van der Waals surface area contributed by atoms with Crippen molar-refractivity contribution in [2.45, 2.75) is 17.1 Å². The monoisotopic (exact) mass is 378 g/mol. The number of benzene rings is 2. The molecule has 0 unspecified atom stereocenters. The van der Waals surface area contributed by atoms with Crippen LogP contribution in [0.15, 0.2) is 47.4 Å². The molecule has 0 aliphatic carbocycles. The molecule has 0 radical (unpaired) electrons. The van der Waals surface area contributed by atoms with Crippen LogP contribution < -0.4 is 14.8 Å². The van der Waals surface area contributed by atoms with Crippen molar-refractivity contribution >= 4 is 27.1 Å². The maximum atomic E-state index is 12.6. The molecule has 2 aromatic carbocycles. The van der Waals surface area contributed by atoms with Gasteiger partial charge in [0.15, 0.2) is 21.3 Å². The molecule has 9 nitrogen and oxygen atoms in total. The van der Waals surface area contributed by atoms with E-state index < -0.39 is 25.9 Å². The van der Waals surface area contributed by atoms with Gasteiger partial charge in [0, 0.05) is 23.9 Å². The molecule has 0 saturated carbocycles. The van der Waals surface area contributed by atoms with Gasteiger partial charge < -0.3 is 14.8 Å². The summed E-state index contributed by atoms with van der Waals surface area (Å²) in [4.78, 5) is 22.2. The Morgan fingerprint density at radius 1 is 1.15 bits per heavy atom. The number of fused-ring (bicyclic) bond motifs is 1. The van der Waals surface area contributed by atoms with E-state index in [0.29, 0.717) is 17.2 Å². The summed E-state index contributed by atoms with van der Waals surface area (Å²) in [7, 11) is -4.00. The molecule has 136 valence electrons. The third kappa shape index (κ3) is 3.31. The summed E-state index contributed by atoms with van der Waals surface area (Å²) in [6.45, 7) is 1.33. The van der Waals surface area contributed by atoms with Gasteiger partial charge in [0.2, 0.25) is 12.7 Å². The Labute approximate surface area is 148 Å². The van der Waals surface area contributed by atoms with Crippen molar-refractivity contribution in [3.8, 4) is 11.5 Å². The number of carbonyl (C=O) groups excluding carboxylic acids is 1. The molecule has 1 aliphatic heterocycles. The van der Waals surface area contributed by atoms with Gasteiger partial charge in [0.05, 0.1) is 9.82 Å². The fourth-order valence-corrected chi connectivity index (χ4v) is 3.59. The number of nitrogens with one attached hydrogen (secondary N) is 1. The van der Waals surface area contributed by atoms with Crippen LogP contribution in [0.2, 0.25) is 0 Å². The second kappa shape index (κ2) is 6.64. The number of nitro benzene ring substituents is 1. The number of non-ortho nitro benzene ring substituents is 1. The summed E-state index contributed by atoms with van der Waals surface area (Å²) >= 11 is 0. The Hall–Kier alpha value is -3.14. The van der Waals surface area contributed by atoms with Crippen molar-refractivity contribution in [3.05, 3.63) is 52.6 Å². The molecule has 0 spiro atoms. The fourth-order valence-electron chi connectivity index (χ4n) is 2.32. The molecule has 0 fully saturated rings. The SMILES string of the molecule is C[C@H](C(=O)Nc1ccc2c(c1)OCO2)S(=O)(=O)c1ccc([N+](=O)[O-])cc1. The van der Waals surface area contributed by atoms with Crippen molar-refractivity contribution in [2.75, 3.05) is 12.1 Å². The number of rotatable bonds is 5. The third-order valence-electron chi connectivity index (χ3n) is 3.85. The number of ether oxygens (including phenoxy) is 2. The molecule has 2 aromatic rings. The van der Waals surface area contributed by atoms with Crippen molar-refractivity contribution in [1.29, 1.82) is 0 Å². The standard InChI is InChI=1S/C16H14N2O7S/c1-10(26(22,23)13-5-3-12(4-6-13)18(20)21)16(19)17-11-2-7-14-15(8-11)25-9-24-14/h2-8,10H,9H2,1H3,(H,17,19)/t10-/m1/s1. The van der Waals surface area contributed by atoms with Crippen LogP contribution in [-0.4, -0.2) is 31.3 Å². The molecular formula is C16H14N2O7S. The van der Waals surface area contributed by atoms with E-state index in [0.717, 1.165) is 24.3 Å². The Morgan fingerprint density at radius 2 is 1.81 bits per heavy atom. The first-order valence-corrected chi connectivity index (χ1v) is 9.02. The second-order valence-electron chi connectivity index (χ2n) is 5.50. The fraction of sp³-hybridized carbons (Fsp3) is 0.188. The highest BCUT2D eigenvalue weighted by Gasteiger charge is 2.30. The van der Waals surface area contributed by atoms with Gasteiger partial charge in [-0.05, 0) is 31.2 Å². The lowest BCUT2D eigenvalue weighted by Gasteiger charge is -2.13. The van der Waals surface area contributed by atoms with E-state index in [2.05, 4.69) is 5.32 Å². The molecular weight excluding hydrogens is 364 g/mol. The lowest BCUT2D eigenvalue weighted by atomic mass is 10.2. The molecule has 1 atom stereocenters. The van der Waals surface area contributed by atoms with Crippen LogP contribution in [0, 0.1) is 10.1 Å². The first-order valence-electron chi connectivity index (χ1n) is 7.48. The van der Waals surface area contributed by atoms with Crippen LogP contribution >= 0.6 is 0 Å². The molecule has 26 heavy (non-hydrogen) atoms. The van der Waals surface area contributed by atoms with Gasteiger partial charge >= 0.3 is 0 Å². The summed E-state index contributed by atoms with van der Waals surface area (Å²) in [6.07, 6.45) is 0. The predicted molar refractivity (Wildman–Crippen MR) is 90.9 cm³/mol. The zero-order valence-corrected chi connectivity index (χ0v) is 14.4. The molecule has 0 bridgehead atoms. The van der Waals surface area contributed by atoms with Crippen LogP contribution in [0.4, 0.5) is 11.4 Å². The minimum atomic E-state index is -4.00. The molecule has 1 aliphatic rings. The van der Waals surface area contributed by atoms with E-state index in [1.807, 2.05) is 0 Å². The molecule has 3 rings (SSSR count). The molecule has 0 saturated heterocycles. The first-order chi connectivity index (χ1) is 12.3. The van der Waals surface area contributed by atoms with Gasteiger partial charge in [-0.1, -0.05) is 0 Å². The Balaban J connectivity index is 1.77. The van der Waals surface area contributed by atoms with Crippen molar-refractivity contribution in [1.82, 2.24) is 0 Å². The van der Waals surface area contributed by atoms with E-state index >= 15 is 0 Å². The lowest BCUT2D eigenvalue weighted by molar-refractivity contribution is -0.384. The number of amides is 1. The average molecular weight is 378 g/mol. The van der Waals surface area contributed by atoms with E-state index in [4.69, 9.17) is 9.47 Å². The number of hydrogen-bond acceptors (Lipinski definition) is 7. The molecule has 0 aromatic heterocycles. The van der Waals surface area contributed by atoms with E-state index in [1.165, 1.54) is 13.0 Å². The van der Waals surface area contributed by atoms with Gasteiger partial charge in [0.25, 0.3) is 5.69 Å². The Kier molecular flexibility index (Phi) is 4.51. The van der Waals surface area contributed by atoms with Crippen LogP contribution in [0.3, 0.4) is 0 Å². The normalized spacial score (nSPS) is 13.9. The largest absolute Gasteiger partial charge is 0.454 e. The minimum Gasteiger partial charge on any atom is -0.454 e. The number of hydrogen-bond donors (Lipinski definition) is 1. The number of nitro groups is 1. The highest BCUT2D eigenvalue weighted by atomic mass is 32.2. The summed E-state index contributed by atoms with van der Waals surface area (Å²) in [5, 5.41) is 11.8. The summed E-state index contributed by atoms with van der Waals surface area (Å²) in [6, 6.07) is 9.08. The molecule has 1 heterocycles. The minimum absolute atomic E-state index is 0.0810. The summed E-state index contributed by atoms with van der Waals surface area (Å²) < 4.78 is 35.5. The maximum absolute atomic E-state index is 12.6. The topological polar surface area (TPSA) is 125 Å². The van der Waals surface area contributed by atoms with E-state index in [1.54, 1.807) is 12.1 Å². The van der Waals surface area contributed by atoms with Gasteiger partial charge in [-0.2, -0.15) is 0 Å². The van der Waals surface area contributed by atoms with E-state index in [9.17, 15) is 23.3 Å². The quantitative estimate of drug-likeness (QED) is 0.624.